The number of rotatable bonds is 7. The van der Waals surface area contributed by atoms with Gasteiger partial charge in [0.25, 0.3) is 0 Å². The average Bonchev–Trinajstić information content (AvgIpc) is 3.31. The third-order valence-corrected chi connectivity index (χ3v) is 8.30. The van der Waals surface area contributed by atoms with Gasteiger partial charge in [0.05, 0.1) is 30.0 Å². The number of aliphatic imine (C=N–C) groups is 2. The van der Waals surface area contributed by atoms with Crippen molar-refractivity contribution >= 4 is 35.2 Å². The van der Waals surface area contributed by atoms with E-state index in [4.69, 9.17) is 14.5 Å². The lowest BCUT2D eigenvalue weighted by Gasteiger charge is -2.35. The summed E-state index contributed by atoms with van der Waals surface area (Å²) in [5.74, 6) is -0.544. The zero-order valence-electron chi connectivity index (χ0n) is 27.1. The Morgan fingerprint density at radius 2 is 1.80 bits per heavy atom. The molecule has 0 amide bonds. The highest BCUT2D eigenvalue weighted by Gasteiger charge is 2.36. The normalized spacial score (nSPS) is 17.3. The zero-order valence-corrected chi connectivity index (χ0v) is 27.1. The van der Waals surface area contributed by atoms with Crippen LogP contribution in [0.15, 0.2) is 52.1 Å². The van der Waals surface area contributed by atoms with E-state index in [1.54, 1.807) is 0 Å². The van der Waals surface area contributed by atoms with Gasteiger partial charge in [-0.1, -0.05) is 29.8 Å². The van der Waals surface area contributed by atoms with E-state index < -0.39 is 17.7 Å². The van der Waals surface area contributed by atoms with Crippen molar-refractivity contribution in [1.82, 2.24) is 9.47 Å². The molecule has 0 bridgehead atoms. The van der Waals surface area contributed by atoms with Crippen LogP contribution in [0.4, 0.5) is 5.69 Å². The predicted molar refractivity (Wildman–Crippen MR) is 178 cm³/mol. The monoisotopic (exact) mass is 599 g/mol. The molecule has 0 saturated carbocycles. The number of aliphatic carboxylic acids is 1. The van der Waals surface area contributed by atoms with Gasteiger partial charge in [-0.3, -0.25) is 4.90 Å². The zero-order chi connectivity index (χ0) is 31.8. The lowest BCUT2D eigenvalue weighted by atomic mass is 9.87. The highest BCUT2D eigenvalue weighted by Crippen LogP contribution is 2.48. The number of morpholine rings is 1. The Labute approximate surface area is 260 Å². The summed E-state index contributed by atoms with van der Waals surface area (Å²) < 4.78 is 14.1. The molecule has 2 aliphatic heterocycles. The first-order valence-corrected chi connectivity index (χ1v) is 15.3. The molecular formula is C35H45N5O4. The minimum atomic E-state index is -1.19. The van der Waals surface area contributed by atoms with Gasteiger partial charge in [0.15, 0.2) is 6.10 Å². The van der Waals surface area contributed by atoms with Gasteiger partial charge in [0, 0.05) is 55.6 Å². The van der Waals surface area contributed by atoms with Gasteiger partial charge in [-0.25, -0.2) is 14.8 Å². The van der Waals surface area contributed by atoms with Gasteiger partial charge in [-0.15, -0.1) is 0 Å². The number of carbonyl (C=O) groups is 1. The van der Waals surface area contributed by atoms with Crippen molar-refractivity contribution < 1.29 is 19.4 Å². The molecule has 9 heteroatoms. The summed E-state index contributed by atoms with van der Waals surface area (Å²) in [6.07, 6.45) is 0.682. The Hall–Kier alpha value is -3.79. The van der Waals surface area contributed by atoms with Crippen molar-refractivity contribution in [2.24, 2.45) is 9.98 Å². The molecule has 2 aliphatic rings. The van der Waals surface area contributed by atoms with Crippen molar-refractivity contribution in [2.75, 3.05) is 44.3 Å². The van der Waals surface area contributed by atoms with Crippen LogP contribution < -0.4 is 4.90 Å². The smallest absolute Gasteiger partial charge is 0.337 e. The van der Waals surface area contributed by atoms with Crippen LogP contribution in [0, 0.1) is 20.8 Å². The van der Waals surface area contributed by atoms with Gasteiger partial charge < -0.3 is 24.0 Å². The number of carboxylic acid groups (broad SMARTS) is 1. The summed E-state index contributed by atoms with van der Waals surface area (Å²) >= 11 is 0. The molecule has 44 heavy (non-hydrogen) atoms. The quantitative estimate of drug-likeness (QED) is 0.254. The molecule has 1 saturated heterocycles. The van der Waals surface area contributed by atoms with Gasteiger partial charge in [0.2, 0.25) is 5.96 Å². The first-order valence-electron chi connectivity index (χ1n) is 15.3. The Morgan fingerprint density at radius 1 is 1.11 bits per heavy atom. The second-order valence-electron chi connectivity index (χ2n) is 12.9. The number of aryl methyl sites for hydroxylation is 2. The van der Waals surface area contributed by atoms with E-state index >= 15 is 0 Å². The van der Waals surface area contributed by atoms with E-state index in [0.717, 1.165) is 89.5 Å². The van der Waals surface area contributed by atoms with E-state index in [1.807, 2.05) is 33.9 Å². The van der Waals surface area contributed by atoms with Crippen molar-refractivity contribution in [3.63, 3.8) is 0 Å². The standard InChI is InChI=1S/C35H45N5O4/c1-22-9-11-26(12-10-22)29-27-19-24(3)39-13-14-40(34(36-8)37-20-23(2)21-38-15-17-43-18-16-38)30(31(27)39)25(4)28(29)32(33(41)42)44-35(5,6)7/h9-12,19-20,32H,8,13-18,21H2,1-7H3,(H,41,42)/b23-20+,37-34+/t32-/m0/s1. The van der Waals surface area contributed by atoms with Gasteiger partial charge in [0.1, 0.15) is 0 Å². The van der Waals surface area contributed by atoms with Crippen LogP contribution in [0.1, 0.15) is 56.2 Å². The molecule has 1 aromatic heterocycles. The van der Waals surface area contributed by atoms with Crippen LogP contribution in [0.25, 0.3) is 22.0 Å². The average molecular weight is 600 g/mol. The Kier molecular flexibility index (Phi) is 9.11. The fourth-order valence-corrected chi connectivity index (χ4v) is 6.35. The number of nitrogens with zero attached hydrogens (tertiary/aromatic N) is 5. The SMILES string of the molecule is C=N/C(=N\C=C(/C)CN1CCOCC1)N1CCn2c(C)cc3c(-c4ccc(C)cc4)c([C@H](OC(C)(C)C)C(=O)O)c(C)c1c32. The molecular weight excluding hydrogens is 554 g/mol. The summed E-state index contributed by atoms with van der Waals surface area (Å²) in [6.45, 7) is 23.2. The maximum atomic E-state index is 13.0. The number of hydrogen-bond acceptors (Lipinski definition) is 5. The Bertz CT molecular complexity index is 1620. The van der Waals surface area contributed by atoms with Gasteiger partial charge in [-0.05, 0) is 83.5 Å². The van der Waals surface area contributed by atoms with Crippen molar-refractivity contribution in [3.05, 3.63) is 64.5 Å². The minimum Gasteiger partial charge on any atom is -0.479 e. The molecule has 234 valence electrons. The molecule has 0 unspecified atom stereocenters. The number of benzene rings is 2. The molecule has 5 rings (SSSR count). The van der Waals surface area contributed by atoms with Crippen LogP contribution in [0.5, 0.6) is 0 Å². The molecule has 2 aromatic carbocycles. The third-order valence-electron chi connectivity index (χ3n) is 8.30. The number of hydrogen-bond donors (Lipinski definition) is 1. The summed E-state index contributed by atoms with van der Waals surface area (Å²) in [4.78, 5) is 26.6. The van der Waals surface area contributed by atoms with Crippen molar-refractivity contribution in [1.29, 1.82) is 0 Å². The topological polar surface area (TPSA) is 91.9 Å². The second-order valence-corrected chi connectivity index (χ2v) is 12.9. The summed E-state index contributed by atoms with van der Waals surface area (Å²) in [5.41, 5.74) is 7.91. The Morgan fingerprint density at radius 3 is 2.41 bits per heavy atom. The van der Waals surface area contributed by atoms with E-state index in [0.29, 0.717) is 18.1 Å². The van der Waals surface area contributed by atoms with Gasteiger partial charge in [-0.2, -0.15) is 0 Å². The number of ether oxygens (including phenoxy) is 2. The maximum Gasteiger partial charge on any atom is 0.337 e. The molecule has 3 heterocycles. The molecule has 1 atom stereocenters. The van der Waals surface area contributed by atoms with E-state index in [-0.39, 0.29) is 0 Å². The van der Waals surface area contributed by atoms with Crippen molar-refractivity contribution in [3.8, 4) is 11.1 Å². The van der Waals surface area contributed by atoms with Crippen LogP contribution in [-0.4, -0.2) is 78.2 Å². The second kappa shape index (κ2) is 12.7. The first kappa shape index (κ1) is 31.6. The molecule has 1 fully saturated rings. The van der Waals surface area contributed by atoms with E-state index in [9.17, 15) is 9.90 Å². The molecule has 3 aromatic rings. The number of anilines is 1. The minimum absolute atomic E-state index is 0.485. The van der Waals surface area contributed by atoms with E-state index in [2.05, 4.69) is 77.2 Å². The molecule has 1 N–H and O–H groups in total. The maximum absolute atomic E-state index is 13.0. The largest absolute Gasteiger partial charge is 0.479 e. The lowest BCUT2D eigenvalue weighted by Crippen LogP contribution is -2.38. The van der Waals surface area contributed by atoms with Crippen LogP contribution in [0.3, 0.4) is 0 Å². The fourth-order valence-electron chi connectivity index (χ4n) is 6.35. The van der Waals surface area contributed by atoms with Crippen LogP contribution in [0.2, 0.25) is 0 Å². The first-order chi connectivity index (χ1) is 20.9. The number of guanidine groups is 1. The van der Waals surface area contributed by atoms with Crippen LogP contribution in [-0.2, 0) is 20.8 Å². The predicted octanol–water partition coefficient (Wildman–Crippen LogP) is 6.29. The number of carboxylic acids is 1. The highest BCUT2D eigenvalue weighted by atomic mass is 16.5. The van der Waals surface area contributed by atoms with E-state index in [1.165, 1.54) is 0 Å². The number of aromatic nitrogens is 1. The van der Waals surface area contributed by atoms with Crippen LogP contribution >= 0.6 is 0 Å². The summed E-state index contributed by atoms with van der Waals surface area (Å²) in [6, 6.07) is 10.4. The third kappa shape index (κ3) is 6.36. The van der Waals surface area contributed by atoms with Crippen molar-refractivity contribution in [2.45, 2.75) is 66.7 Å². The van der Waals surface area contributed by atoms with Gasteiger partial charge >= 0.3 is 5.97 Å². The fraction of sp³-hybridized carbons (Fsp3) is 0.457. The summed E-state index contributed by atoms with van der Waals surface area (Å²) in [7, 11) is 0. The lowest BCUT2D eigenvalue weighted by molar-refractivity contribution is -0.160. The molecule has 0 radical (unpaired) electrons. The molecule has 0 aliphatic carbocycles. The summed E-state index contributed by atoms with van der Waals surface area (Å²) in [5, 5.41) is 11.6. The molecule has 0 spiro atoms. The Balaban J connectivity index is 1.73. The molecule has 9 nitrogen and oxygen atoms in total. The highest BCUT2D eigenvalue weighted by molar-refractivity contribution is 6.13.